The van der Waals surface area contributed by atoms with Crippen molar-refractivity contribution in [1.29, 1.82) is 0 Å². The lowest BCUT2D eigenvalue weighted by Gasteiger charge is -2.32. The zero-order chi connectivity index (χ0) is 16.9. The summed E-state index contributed by atoms with van der Waals surface area (Å²) in [5, 5.41) is 6.10. The van der Waals surface area contributed by atoms with Crippen LogP contribution in [0.1, 0.15) is 18.4 Å². The maximum atomic E-state index is 12.9. The molecule has 0 saturated carbocycles. The van der Waals surface area contributed by atoms with Gasteiger partial charge in [-0.15, -0.1) is 11.8 Å². The number of benzene rings is 1. The predicted molar refractivity (Wildman–Crippen MR) is 91.8 cm³/mol. The summed E-state index contributed by atoms with van der Waals surface area (Å²) < 4.78 is 12.9. The third kappa shape index (κ3) is 4.27. The number of nitrogens with zero attached hydrogens (tertiary/aromatic N) is 1. The van der Waals surface area contributed by atoms with Crippen LogP contribution in [0.3, 0.4) is 0 Å². The molecule has 3 rings (SSSR count). The second kappa shape index (κ2) is 7.98. The number of halogens is 1. The second-order valence-electron chi connectivity index (χ2n) is 6.22. The van der Waals surface area contributed by atoms with Crippen LogP contribution >= 0.6 is 11.8 Å². The van der Waals surface area contributed by atoms with Crippen molar-refractivity contribution in [1.82, 2.24) is 15.5 Å². The van der Waals surface area contributed by atoms with E-state index in [2.05, 4.69) is 10.6 Å². The Balaban J connectivity index is 1.43. The first kappa shape index (κ1) is 17.2. The first-order valence-corrected chi connectivity index (χ1v) is 9.41. The minimum atomic E-state index is -0.280. The standard InChI is InChI=1S/C17H22FN3O2S/c18-14-3-1-12(2-4-14)9-19-16(22)13-5-7-21(8-6-13)17(23)15-10-24-11-20-15/h1-4,13,15,20H,5-11H2,(H,19,22). The molecule has 2 N–H and O–H groups in total. The zero-order valence-electron chi connectivity index (χ0n) is 13.5. The summed E-state index contributed by atoms with van der Waals surface area (Å²) in [7, 11) is 0. The monoisotopic (exact) mass is 351 g/mol. The molecular formula is C17H22FN3O2S. The summed E-state index contributed by atoms with van der Waals surface area (Å²) in [6.07, 6.45) is 1.39. The molecule has 1 unspecified atom stereocenters. The Morgan fingerprint density at radius 3 is 2.58 bits per heavy atom. The predicted octanol–water partition coefficient (Wildman–Crippen LogP) is 1.34. The summed E-state index contributed by atoms with van der Waals surface area (Å²) in [5.74, 6) is 1.50. The highest BCUT2D eigenvalue weighted by Crippen LogP contribution is 2.20. The van der Waals surface area contributed by atoms with Gasteiger partial charge in [-0.25, -0.2) is 4.39 Å². The van der Waals surface area contributed by atoms with Crippen molar-refractivity contribution >= 4 is 23.6 Å². The SMILES string of the molecule is O=C(NCc1ccc(F)cc1)C1CCN(C(=O)C2CSCN2)CC1. The van der Waals surface area contributed by atoms with Crippen LogP contribution in [-0.2, 0) is 16.1 Å². The lowest BCUT2D eigenvalue weighted by atomic mass is 9.95. The van der Waals surface area contributed by atoms with Crippen molar-refractivity contribution in [3.05, 3.63) is 35.6 Å². The number of carbonyl (C=O) groups is 2. The third-order valence-corrected chi connectivity index (χ3v) is 5.51. The van der Waals surface area contributed by atoms with Crippen molar-refractivity contribution < 1.29 is 14.0 Å². The van der Waals surface area contributed by atoms with Crippen LogP contribution in [0.5, 0.6) is 0 Å². The number of likely N-dealkylation sites (tertiary alicyclic amines) is 1. The highest BCUT2D eigenvalue weighted by atomic mass is 32.2. The molecule has 2 aliphatic rings. The Bertz CT molecular complexity index is 582. The van der Waals surface area contributed by atoms with E-state index in [1.54, 1.807) is 23.9 Å². The lowest BCUT2D eigenvalue weighted by molar-refractivity contribution is -0.136. The molecule has 2 amide bonds. The number of hydrogen-bond acceptors (Lipinski definition) is 4. The fraction of sp³-hybridized carbons (Fsp3) is 0.529. The van der Waals surface area contributed by atoms with E-state index >= 15 is 0 Å². The highest BCUT2D eigenvalue weighted by Gasteiger charge is 2.31. The first-order chi connectivity index (χ1) is 11.6. The Morgan fingerprint density at radius 2 is 1.96 bits per heavy atom. The van der Waals surface area contributed by atoms with Crippen LogP contribution in [0, 0.1) is 11.7 Å². The van der Waals surface area contributed by atoms with Gasteiger partial charge in [0.15, 0.2) is 0 Å². The molecule has 130 valence electrons. The van der Waals surface area contributed by atoms with Crippen molar-refractivity contribution in [2.45, 2.75) is 25.4 Å². The van der Waals surface area contributed by atoms with Crippen LogP contribution in [0.4, 0.5) is 4.39 Å². The van der Waals surface area contributed by atoms with Crippen LogP contribution < -0.4 is 10.6 Å². The molecule has 7 heteroatoms. The number of hydrogen-bond donors (Lipinski definition) is 2. The Hall–Kier alpha value is -1.60. The second-order valence-corrected chi connectivity index (χ2v) is 7.25. The van der Waals surface area contributed by atoms with Gasteiger partial charge in [0.05, 0.1) is 6.04 Å². The van der Waals surface area contributed by atoms with E-state index in [1.165, 1.54) is 12.1 Å². The summed E-state index contributed by atoms with van der Waals surface area (Å²) >= 11 is 1.74. The van der Waals surface area contributed by atoms with Gasteiger partial charge in [-0.2, -0.15) is 0 Å². The first-order valence-electron chi connectivity index (χ1n) is 8.25. The minimum Gasteiger partial charge on any atom is -0.352 e. The van der Waals surface area contributed by atoms with Gasteiger partial charge in [0.2, 0.25) is 11.8 Å². The smallest absolute Gasteiger partial charge is 0.240 e. The van der Waals surface area contributed by atoms with E-state index in [1.807, 2.05) is 4.90 Å². The maximum Gasteiger partial charge on any atom is 0.240 e. The van der Waals surface area contributed by atoms with Crippen LogP contribution in [0.15, 0.2) is 24.3 Å². The van der Waals surface area contributed by atoms with E-state index in [0.29, 0.717) is 32.5 Å². The molecule has 0 aliphatic carbocycles. The van der Waals surface area contributed by atoms with Crippen LogP contribution in [0.2, 0.25) is 0 Å². The summed E-state index contributed by atoms with van der Waals surface area (Å²) in [6.45, 7) is 1.67. The topological polar surface area (TPSA) is 61.4 Å². The van der Waals surface area contributed by atoms with Crippen molar-refractivity contribution in [3.8, 4) is 0 Å². The molecule has 1 aromatic rings. The minimum absolute atomic E-state index is 0.0148. The fourth-order valence-electron chi connectivity index (χ4n) is 3.07. The molecule has 5 nitrogen and oxygen atoms in total. The van der Waals surface area contributed by atoms with E-state index in [9.17, 15) is 14.0 Å². The van der Waals surface area contributed by atoms with Gasteiger partial charge in [-0.1, -0.05) is 12.1 Å². The Labute approximate surface area is 145 Å². The van der Waals surface area contributed by atoms with Crippen LogP contribution in [-0.4, -0.2) is 47.5 Å². The third-order valence-electron chi connectivity index (χ3n) is 4.57. The molecule has 0 aromatic heterocycles. The van der Waals surface area contributed by atoms with E-state index in [-0.39, 0.29) is 29.6 Å². The molecule has 0 spiro atoms. The summed E-state index contributed by atoms with van der Waals surface area (Å²) in [4.78, 5) is 26.5. The molecule has 24 heavy (non-hydrogen) atoms. The average molecular weight is 351 g/mol. The summed E-state index contributed by atoms with van der Waals surface area (Å²) in [5.41, 5.74) is 0.877. The number of carbonyl (C=O) groups excluding carboxylic acids is 2. The molecular weight excluding hydrogens is 329 g/mol. The molecule has 1 atom stereocenters. The van der Waals surface area contributed by atoms with Crippen molar-refractivity contribution in [2.24, 2.45) is 5.92 Å². The van der Waals surface area contributed by atoms with Gasteiger partial charge in [0.1, 0.15) is 5.82 Å². The van der Waals surface area contributed by atoms with Crippen LogP contribution in [0.25, 0.3) is 0 Å². The lowest BCUT2D eigenvalue weighted by Crippen LogP contribution is -2.49. The van der Waals surface area contributed by atoms with Gasteiger partial charge in [0.25, 0.3) is 0 Å². The van der Waals surface area contributed by atoms with Gasteiger partial charge >= 0.3 is 0 Å². The molecule has 2 aliphatic heterocycles. The molecule has 2 heterocycles. The van der Waals surface area contributed by atoms with E-state index < -0.39 is 0 Å². The number of piperidine rings is 1. The molecule has 2 fully saturated rings. The average Bonchev–Trinajstić information content (AvgIpc) is 3.15. The Morgan fingerprint density at radius 1 is 1.25 bits per heavy atom. The molecule has 0 bridgehead atoms. The number of amides is 2. The molecule has 2 saturated heterocycles. The van der Waals surface area contributed by atoms with Gasteiger partial charge < -0.3 is 10.2 Å². The molecule has 0 radical (unpaired) electrons. The largest absolute Gasteiger partial charge is 0.352 e. The summed E-state index contributed by atoms with van der Waals surface area (Å²) in [6, 6.07) is 6.05. The number of rotatable bonds is 4. The maximum absolute atomic E-state index is 12.9. The number of nitrogens with one attached hydrogen (secondary N) is 2. The van der Waals surface area contributed by atoms with Crippen molar-refractivity contribution in [2.75, 3.05) is 24.7 Å². The highest BCUT2D eigenvalue weighted by molar-refractivity contribution is 7.99. The number of thioether (sulfide) groups is 1. The van der Waals surface area contributed by atoms with E-state index in [0.717, 1.165) is 17.2 Å². The van der Waals surface area contributed by atoms with E-state index in [4.69, 9.17) is 0 Å². The normalized spacial score (nSPS) is 21.7. The fourth-order valence-corrected chi connectivity index (χ4v) is 4.01. The van der Waals surface area contributed by atoms with Gasteiger partial charge in [-0.05, 0) is 30.5 Å². The van der Waals surface area contributed by atoms with Gasteiger partial charge in [0, 0.05) is 37.2 Å². The van der Waals surface area contributed by atoms with Crippen molar-refractivity contribution in [3.63, 3.8) is 0 Å². The quantitative estimate of drug-likeness (QED) is 0.860. The van der Waals surface area contributed by atoms with Gasteiger partial charge in [-0.3, -0.25) is 14.9 Å². The zero-order valence-corrected chi connectivity index (χ0v) is 14.3. The Kier molecular flexibility index (Phi) is 5.73. The molecule has 1 aromatic carbocycles.